The van der Waals surface area contributed by atoms with E-state index in [1.807, 2.05) is 43.3 Å². The molecule has 0 saturated carbocycles. The molecule has 0 spiro atoms. The Morgan fingerprint density at radius 3 is 2.42 bits per heavy atom. The minimum Gasteiger partial charge on any atom is -0.377 e. The van der Waals surface area contributed by atoms with E-state index >= 15 is 4.39 Å². The fourth-order valence-electron chi connectivity index (χ4n) is 4.45. The molecule has 0 aromatic heterocycles. The largest absolute Gasteiger partial charge is 0.377 e. The molecule has 0 radical (unpaired) electrons. The third-order valence-corrected chi connectivity index (χ3v) is 8.82. The summed E-state index contributed by atoms with van der Waals surface area (Å²) in [5.74, 6) is -0.329. The van der Waals surface area contributed by atoms with E-state index in [1.54, 1.807) is 22.2 Å². The minimum absolute atomic E-state index is 0.0551. The Hall–Kier alpha value is -2.17. The second-order valence-electron chi connectivity index (χ2n) is 8.69. The van der Waals surface area contributed by atoms with E-state index in [1.165, 1.54) is 6.07 Å². The Morgan fingerprint density at radius 2 is 1.79 bits per heavy atom. The van der Waals surface area contributed by atoms with Crippen LogP contribution in [0, 0.1) is 5.82 Å². The molecule has 2 heterocycles. The molecule has 1 unspecified atom stereocenters. The van der Waals surface area contributed by atoms with Gasteiger partial charge in [0.15, 0.2) is 0 Å². The lowest BCUT2D eigenvalue weighted by atomic mass is 10.1. The topological polar surface area (TPSA) is 76.5 Å². The highest BCUT2D eigenvalue weighted by Gasteiger charge is 2.39. The van der Waals surface area contributed by atoms with Gasteiger partial charge in [-0.2, -0.15) is 4.31 Å². The molecule has 2 aliphatic heterocycles. The van der Waals surface area contributed by atoms with Gasteiger partial charge in [0.2, 0.25) is 5.91 Å². The summed E-state index contributed by atoms with van der Waals surface area (Å²) in [6, 6.07) is 14.1. The molecule has 1 amide bonds. The Labute approximate surface area is 196 Å². The van der Waals surface area contributed by atoms with E-state index in [9.17, 15) is 13.9 Å². The summed E-state index contributed by atoms with van der Waals surface area (Å²) in [5.41, 5.74) is 1.96. The lowest BCUT2D eigenvalue weighted by molar-refractivity contribution is -0.129. The summed E-state index contributed by atoms with van der Waals surface area (Å²) in [5, 5.41) is -0.608. The van der Waals surface area contributed by atoms with Crippen molar-refractivity contribution in [2.45, 2.75) is 31.7 Å². The number of ether oxygens (including phenoxy) is 1. The van der Waals surface area contributed by atoms with Gasteiger partial charge in [0.25, 0.3) is 0 Å². The fourth-order valence-corrected chi connectivity index (χ4v) is 6.50. The van der Waals surface area contributed by atoms with Crippen molar-refractivity contribution in [1.29, 1.82) is 0 Å². The van der Waals surface area contributed by atoms with Crippen molar-refractivity contribution in [1.82, 2.24) is 9.21 Å². The summed E-state index contributed by atoms with van der Waals surface area (Å²) in [7, 11) is -3.27. The number of carbonyl (C=O) groups excluding carboxylic acids is 1. The summed E-state index contributed by atoms with van der Waals surface area (Å²) < 4.78 is 45.1. The fraction of sp³-hybridized carbons (Fsp3) is 0.458. The van der Waals surface area contributed by atoms with Gasteiger partial charge < -0.3 is 14.5 Å². The molecule has 7 nitrogen and oxygen atoms in total. The van der Waals surface area contributed by atoms with Gasteiger partial charge in [-0.05, 0) is 24.6 Å². The quantitative estimate of drug-likeness (QED) is 0.690. The molecule has 180 valence electrons. The molecule has 2 aromatic rings. The standard InChI is InChI=1S/C24H32FN3O4S/c1-18-16-32-17-24(20-6-4-3-5-7-20)33(30,31)28(18)15-21-8-9-22(14-23(21)25)27-12-10-26(11-13-27)19(2)29/h3-9,14,18,24,30-31H,10-13,15-17H2,1-2H3/t18-,24?/m1/s1. The third-order valence-electron chi connectivity index (χ3n) is 6.47. The number of rotatable bonds is 4. The summed E-state index contributed by atoms with van der Waals surface area (Å²) in [6.45, 7) is 6.56. The summed E-state index contributed by atoms with van der Waals surface area (Å²) >= 11 is 0. The first kappa shape index (κ1) is 24.0. The Kier molecular flexibility index (Phi) is 7.25. The molecule has 2 fully saturated rings. The predicted molar refractivity (Wildman–Crippen MR) is 129 cm³/mol. The van der Waals surface area contributed by atoms with Gasteiger partial charge in [-0.25, -0.2) is 4.39 Å². The first-order chi connectivity index (χ1) is 15.8. The van der Waals surface area contributed by atoms with Crippen LogP contribution in [-0.4, -0.2) is 69.7 Å². The van der Waals surface area contributed by atoms with Crippen molar-refractivity contribution >= 4 is 22.4 Å². The smallest absolute Gasteiger partial charge is 0.219 e. The van der Waals surface area contributed by atoms with Gasteiger partial charge in [0, 0.05) is 56.9 Å². The third kappa shape index (κ3) is 5.17. The first-order valence-electron chi connectivity index (χ1n) is 11.2. The second kappa shape index (κ2) is 9.99. The van der Waals surface area contributed by atoms with E-state index in [4.69, 9.17) is 4.74 Å². The van der Waals surface area contributed by atoms with Crippen molar-refractivity contribution in [3.63, 3.8) is 0 Å². The van der Waals surface area contributed by atoms with E-state index in [0.29, 0.717) is 38.3 Å². The van der Waals surface area contributed by atoms with Gasteiger partial charge in [0.1, 0.15) is 11.1 Å². The molecule has 2 aromatic carbocycles. The summed E-state index contributed by atoms with van der Waals surface area (Å²) in [6.07, 6.45) is 0. The van der Waals surface area contributed by atoms with Crippen molar-refractivity contribution < 1.29 is 23.0 Å². The first-order valence-corrected chi connectivity index (χ1v) is 12.8. The number of hydrogen-bond acceptors (Lipinski definition) is 6. The number of carbonyl (C=O) groups is 1. The van der Waals surface area contributed by atoms with E-state index in [-0.39, 0.29) is 30.9 Å². The van der Waals surface area contributed by atoms with Gasteiger partial charge in [-0.1, -0.05) is 36.4 Å². The number of nitrogens with zero attached hydrogens (tertiary/aromatic N) is 3. The number of anilines is 1. The Balaban J connectivity index is 1.52. The second-order valence-corrected chi connectivity index (χ2v) is 10.9. The number of benzene rings is 2. The normalized spacial score (nSPS) is 24.9. The van der Waals surface area contributed by atoms with Crippen molar-refractivity contribution in [2.75, 3.05) is 44.3 Å². The lowest BCUT2D eigenvalue weighted by Gasteiger charge is -2.48. The van der Waals surface area contributed by atoms with Gasteiger partial charge in [-0.15, -0.1) is 10.8 Å². The van der Waals surface area contributed by atoms with Crippen LogP contribution in [0.25, 0.3) is 0 Å². The van der Waals surface area contributed by atoms with E-state index in [2.05, 4.69) is 4.90 Å². The van der Waals surface area contributed by atoms with Crippen LogP contribution >= 0.6 is 10.8 Å². The molecule has 9 heteroatoms. The zero-order valence-electron chi connectivity index (χ0n) is 19.1. The Morgan fingerprint density at radius 1 is 1.09 bits per heavy atom. The zero-order chi connectivity index (χ0) is 23.6. The summed E-state index contributed by atoms with van der Waals surface area (Å²) in [4.78, 5) is 15.4. The highest BCUT2D eigenvalue weighted by Crippen LogP contribution is 2.59. The zero-order valence-corrected chi connectivity index (χ0v) is 19.9. The highest BCUT2D eigenvalue weighted by molar-refractivity contribution is 8.22. The maximum atomic E-state index is 15.2. The molecule has 33 heavy (non-hydrogen) atoms. The number of amides is 1. The molecule has 4 rings (SSSR count). The average Bonchev–Trinajstić information content (AvgIpc) is 2.91. The van der Waals surface area contributed by atoms with Crippen molar-refractivity contribution in [2.24, 2.45) is 0 Å². The number of hydrogen-bond donors (Lipinski definition) is 2. The molecular weight excluding hydrogens is 445 g/mol. The van der Waals surface area contributed by atoms with Crippen LogP contribution in [0.1, 0.15) is 30.2 Å². The molecule has 2 atom stereocenters. The van der Waals surface area contributed by atoms with Crippen LogP contribution < -0.4 is 4.90 Å². The van der Waals surface area contributed by atoms with Crippen LogP contribution in [0.5, 0.6) is 0 Å². The van der Waals surface area contributed by atoms with E-state index in [0.717, 1.165) is 11.3 Å². The maximum absolute atomic E-state index is 15.2. The van der Waals surface area contributed by atoms with Crippen LogP contribution in [0.2, 0.25) is 0 Å². The highest BCUT2D eigenvalue weighted by atomic mass is 32.3. The average molecular weight is 478 g/mol. The van der Waals surface area contributed by atoms with Gasteiger partial charge in [0.05, 0.1) is 13.2 Å². The van der Waals surface area contributed by atoms with Gasteiger partial charge >= 0.3 is 0 Å². The van der Waals surface area contributed by atoms with Gasteiger partial charge in [-0.3, -0.25) is 13.9 Å². The van der Waals surface area contributed by atoms with Crippen molar-refractivity contribution in [3.05, 3.63) is 65.5 Å². The Bertz CT molecular complexity index is 969. The maximum Gasteiger partial charge on any atom is 0.219 e. The molecule has 2 N–H and O–H groups in total. The van der Waals surface area contributed by atoms with E-state index < -0.39 is 16.0 Å². The molecule has 2 saturated heterocycles. The van der Waals surface area contributed by atoms with Crippen LogP contribution in [0.3, 0.4) is 0 Å². The van der Waals surface area contributed by atoms with Crippen molar-refractivity contribution in [3.8, 4) is 0 Å². The van der Waals surface area contributed by atoms with Crippen LogP contribution in [0.4, 0.5) is 10.1 Å². The monoisotopic (exact) mass is 477 g/mol. The predicted octanol–water partition coefficient (Wildman–Crippen LogP) is 4.12. The lowest BCUT2D eigenvalue weighted by Crippen LogP contribution is -2.48. The van der Waals surface area contributed by atoms with Crippen LogP contribution in [-0.2, 0) is 16.1 Å². The molecular formula is C24H32FN3O4S. The number of halogens is 1. The number of piperazine rings is 1. The molecule has 0 bridgehead atoms. The minimum atomic E-state index is -3.27. The SMILES string of the molecule is CC(=O)N1CCN(c2ccc(CN3[C@H](C)COCC(c4ccccc4)S3(O)O)c(F)c2)CC1. The molecule has 2 aliphatic rings. The molecule has 0 aliphatic carbocycles. The van der Waals surface area contributed by atoms with Crippen LogP contribution in [0.15, 0.2) is 48.5 Å².